The number of nitrogens with one attached hydrogen (secondary N) is 1. The van der Waals surface area contributed by atoms with Crippen molar-refractivity contribution >= 4 is 33.9 Å². The number of rotatable bonds is 6. The first-order valence-electron chi connectivity index (χ1n) is 6.93. The number of carbonyl (C=O) groups is 2. The molecule has 2 aromatic rings. The van der Waals surface area contributed by atoms with Gasteiger partial charge in [0.1, 0.15) is 5.00 Å². The smallest absolute Gasteiger partial charge is 0.338 e. The predicted molar refractivity (Wildman–Crippen MR) is 89.0 cm³/mol. The molecule has 2 rings (SSSR count). The lowest BCUT2D eigenvalue weighted by molar-refractivity contribution is -0.114. The molecular weight excluding hydrogens is 300 g/mol. The van der Waals surface area contributed by atoms with Crippen molar-refractivity contribution in [2.24, 2.45) is 0 Å². The Kier molecular flexibility index (Phi) is 5.16. The highest BCUT2D eigenvalue weighted by atomic mass is 32.1. The van der Waals surface area contributed by atoms with Crippen molar-refractivity contribution in [1.82, 2.24) is 0 Å². The van der Waals surface area contributed by atoms with Gasteiger partial charge in [0.15, 0.2) is 0 Å². The number of anilines is 2. The maximum Gasteiger partial charge on any atom is 0.338 e. The Labute approximate surface area is 133 Å². The molecule has 5 nitrogen and oxygen atoms in total. The Hall–Kier alpha value is -2.34. The highest BCUT2D eigenvalue weighted by molar-refractivity contribution is 7.16. The highest BCUT2D eigenvalue weighted by Gasteiger charge is 2.17. The number of hydrogen-bond acceptors (Lipinski definition) is 4. The summed E-state index contributed by atoms with van der Waals surface area (Å²) in [5.41, 5.74) is 1.08. The van der Waals surface area contributed by atoms with E-state index in [-0.39, 0.29) is 18.0 Å². The molecule has 2 N–H and O–H groups in total. The van der Waals surface area contributed by atoms with E-state index in [9.17, 15) is 14.7 Å². The van der Waals surface area contributed by atoms with Crippen LogP contribution in [0.4, 0.5) is 10.7 Å². The molecule has 1 amide bonds. The molecule has 0 aliphatic rings. The number of para-hydroxylation sites is 1. The van der Waals surface area contributed by atoms with Crippen LogP contribution in [-0.4, -0.2) is 30.6 Å². The van der Waals surface area contributed by atoms with Gasteiger partial charge in [-0.3, -0.25) is 4.79 Å². The van der Waals surface area contributed by atoms with Crippen LogP contribution in [0.5, 0.6) is 0 Å². The molecule has 0 aliphatic carbocycles. The van der Waals surface area contributed by atoms with E-state index in [4.69, 9.17) is 0 Å². The van der Waals surface area contributed by atoms with Crippen LogP contribution in [-0.2, 0) is 11.2 Å². The molecule has 0 unspecified atom stereocenters. The largest absolute Gasteiger partial charge is 0.478 e. The summed E-state index contributed by atoms with van der Waals surface area (Å²) in [4.78, 5) is 26.1. The van der Waals surface area contributed by atoms with E-state index in [0.717, 1.165) is 17.0 Å². The van der Waals surface area contributed by atoms with Crippen molar-refractivity contribution in [3.63, 3.8) is 0 Å². The summed E-state index contributed by atoms with van der Waals surface area (Å²) in [6.45, 7) is 2.11. The zero-order valence-electron chi connectivity index (χ0n) is 12.5. The van der Waals surface area contributed by atoms with E-state index in [1.165, 1.54) is 11.3 Å². The quantitative estimate of drug-likeness (QED) is 0.859. The molecule has 0 saturated heterocycles. The first-order valence-corrected chi connectivity index (χ1v) is 7.75. The third kappa shape index (κ3) is 3.85. The van der Waals surface area contributed by atoms with Crippen molar-refractivity contribution in [3.8, 4) is 0 Å². The molecule has 22 heavy (non-hydrogen) atoms. The Morgan fingerprint density at radius 3 is 2.55 bits per heavy atom. The number of carboxylic acid groups (broad SMARTS) is 1. The van der Waals surface area contributed by atoms with Gasteiger partial charge in [0, 0.05) is 17.6 Å². The van der Waals surface area contributed by atoms with E-state index in [1.807, 2.05) is 49.2 Å². The molecule has 0 saturated carbocycles. The lowest BCUT2D eigenvalue weighted by Gasteiger charge is -2.18. The standard InChI is InChI=1S/C16H18N2O3S/c1-3-12-9-13(16(20)21)15(22-12)17-14(19)10-18(2)11-7-5-4-6-8-11/h4-9H,3,10H2,1-2H3,(H,17,19)(H,20,21). The maximum absolute atomic E-state index is 12.1. The normalized spacial score (nSPS) is 10.3. The number of amides is 1. The fourth-order valence-corrected chi connectivity index (χ4v) is 3.03. The molecule has 0 bridgehead atoms. The third-order valence-corrected chi connectivity index (χ3v) is 4.39. The first-order chi connectivity index (χ1) is 10.5. The van der Waals surface area contributed by atoms with Gasteiger partial charge in [-0.1, -0.05) is 25.1 Å². The van der Waals surface area contributed by atoms with Crippen molar-refractivity contribution < 1.29 is 14.7 Å². The third-order valence-electron chi connectivity index (χ3n) is 3.19. The molecule has 0 radical (unpaired) electrons. The maximum atomic E-state index is 12.1. The molecule has 116 valence electrons. The second-order valence-corrected chi connectivity index (χ2v) is 5.99. The average Bonchev–Trinajstić information content (AvgIpc) is 2.91. The number of thiophene rings is 1. The topological polar surface area (TPSA) is 69.6 Å². The van der Waals surface area contributed by atoms with Crippen LogP contribution >= 0.6 is 11.3 Å². The van der Waals surface area contributed by atoms with E-state index in [2.05, 4.69) is 5.32 Å². The van der Waals surface area contributed by atoms with E-state index in [1.54, 1.807) is 6.07 Å². The second kappa shape index (κ2) is 7.09. The van der Waals surface area contributed by atoms with Gasteiger partial charge in [0.2, 0.25) is 5.91 Å². The minimum atomic E-state index is -1.03. The van der Waals surface area contributed by atoms with Gasteiger partial charge in [-0.05, 0) is 24.6 Å². The number of hydrogen-bond donors (Lipinski definition) is 2. The van der Waals surface area contributed by atoms with Gasteiger partial charge in [-0.2, -0.15) is 0 Å². The molecular formula is C16H18N2O3S. The molecule has 6 heteroatoms. The summed E-state index contributed by atoms with van der Waals surface area (Å²) in [7, 11) is 1.82. The van der Waals surface area contributed by atoms with Gasteiger partial charge in [-0.15, -0.1) is 11.3 Å². The summed E-state index contributed by atoms with van der Waals surface area (Å²) in [5.74, 6) is -1.26. The van der Waals surface area contributed by atoms with Crippen LogP contribution in [0, 0.1) is 0 Å². The minimum Gasteiger partial charge on any atom is -0.478 e. The number of carbonyl (C=O) groups excluding carboxylic acids is 1. The van der Waals surface area contributed by atoms with Crippen LogP contribution in [0.2, 0.25) is 0 Å². The van der Waals surface area contributed by atoms with Gasteiger partial charge in [0.25, 0.3) is 0 Å². The Bertz CT molecular complexity index is 667. The van der Waals surface area contributed by atoms with Crippen LogP contribution in [0.15, 0.2) is 36.4 Å². The van der Waals surface area contributed by atoms with Crippen molar-refractivity contribution in [2.75, 3.05) is 23.8 Å². The summed E-state index contributed by atoms with van der Waals surface area (Å²) in [6, 6.07) is 11.2. The fourth-order valence-electron chi connectivity index (χ4n) is 2.02. The van der Waals surface area contributed by atoms with E-state index in [0.29, 0.717) is 5.00 Å². The summed E-state index contributed by atoms with van der Waals surface area (Å²) >= 11 is 1.31. The Morgan fingerprint density at radius 2 is 1.95 bits per heavy atom. The number of benzene rings is 1. The lowest BCUT2D eigenvalue weighted by Crippen LogP contribution is -2.30. The molecule has 0 aliphatic heterocycles. The zero-order valence-corrected chi connectivity index (χ0v) is 13.3. The van der Waals surface area contributed by atoms with Crippen molar-refractivity contribution in [2.45, 2.75) is 13.3 Å². The van der Waals surface area contributed by atoms with Gasteiger partial charge in [0.05, 0.1) is 12.1 Å². The van der Waals surface area contributed by atoms with Crippen LogP contribution in [0.25, 0.3) is 0 Å². The summed E-state index contributed by atoms with van der Waals surface area (Å²) in [5, 5.41) is 12.3. The van der Waals surface area contributed by atoms with Gasteiger partial charge in [-0.25, -0.2) is 4.79 Å². The van der Waals surface area contributed by atoms with Crippen molar-refractivity contribution in [3.05, 3.63) is 46.8 Å². The van der Waals surface area contributed by atoms with E-state index < -0.39 is 5.97 Å². The molecule has 0 spiro atoms. The number of aryl methyl sites for hydroxylation is 1. The fraction of sp³-hybridized carbons (Fsp3) is 0.250. The number of likely N-dealkylation sites (N-methyl/N-ethyl adjacent to an activating group) is 1. The molecule has 0 atom stereocenters. The molecule has 1 aromatic carbocycles. The molecule has 1 aromatic heterocycles. The van der Waals surface area contributed by atoms with Crippen LogP contribution in [0.1, 0.15) is 22.2 Å². The van der Waals surface area contributed by atoms with Crippen molar-refractivity contribution in [1.29, 1.82) is 0 Å². The van der Waals surface area contributed by atoms with E-state index >= 15 is 0 Å². The minimum absolute atomic E-state index is 0.151. The predicted octanol–water partition coefficient (Wildman–Crippen LogP) is 3.08. The van der Waals surface area contributed by atoms with Crippen LogP contribution < -0.4 is 10.2 Å². The highest BCUT2D eigenvalue weighted by Crippen LogP contribution is 2.28. The SMILES string of the molecule is CCc1cc(C(=O)O)c(NC(=O)CN(C)c2ccccc2)s1. The second-order valence-electron chi connectivity index (χ2n) is 4.85. The number of carboxylic acids is 1. The summed E-state index contributed by atoms with van der Waals surface area (Å²) in [6.07, 6.45) is 0.741. The lowest BCUT2D eigenvalue weighted by atomic mass is 10.2. The van der Waals surface area contributed by atoms with Gasteiger partial charge < -0.3 is 15.3 Å². The zero-order chi connectivity index (χ0) is 16.1. The number of aromatic carboxylic acids is 1. The average molecular weight is 318 g/mol. The number of nitrogens with zero attached hydrogens (tertiary/aromatic N) is 1. The summed E-state index contributed by atoms with van der Waals surface area (Å²) < 4.78 is 0. The van der Waals surface area contributed by atoms with Gasteiger partial charge >= 0.3 is 5.97 Å². The Morgan fingerprint density at radius 1 is 1.27 bits per heavy atom. The molecule has 0 fully saturated rings. The first kappa shape index (κ1) is 16.0. The monoisotopic (exact) mass is 318 g/mol. The Balaban J connectivity index is 2.06. The molecule has 1 heterocycles. The van der Waals surface area contributed by atoms with Crippen LogP contribution in [0.3, 0.4) is 0 Å².